The van der Waals surface area contributed by atoms with Crippen molar-refractivity contribution in [3.63, 3.8) is 0 Å². The molecule has 0 unspecified atom stereocenters. The van der Waals surface area contributed by atoms with Crippen LogP contribution in [-0.2, 0) is 0 Å². The lowest BCUT2D eigenvalue weighted by Gasteiger charge is -2.16. The lowest BCUT2D eigenvalue weighted by Crippen LogP contribution is -2.29. The molecule has 0 aliphatic carbocycles. The summed E-state index contributed by atoms with van der Waals surface area (Å²) in [6.07, 6.45) is 0. The maximum Gasteiger partial charge on any atom is 0.0859 e. The SMILES string of the molecule is CC[Si](CC)c1ccccc1-c1ccccc1. The summed E-state index contributed by atoms with van der Waals surface area (Å²) in [5.74, 6) is 0. The standard InChI is InChI=1S/C16H19Si/c1-3-17(4-2)16-13-9-8-12-15(16)14-10-6-5-7-11-14/h5-13H,3-4H2,1-2H3. The molecule has 0 fully saturated rings. The second-order valence-electron chi connectivity index (χ2n) is 4.22. The van der Waals surface area contributed by atoms with E-state index in [4.69, 9.17) is 0 Å². The largest absolute Gasteiger partial charge is 0.0859 e. The topological polar surface area (TPSA) is 0 Å². The van der Waals surface area contributed by atoms with Crippen molar-refractivity contribution in [1.82, 2.24) is 0 Å². The summed E-state index contributed by atoms with van der Waals surface area (Å²) < 4.78 is 0. The van der Waals surface area contributed by atoms with Crippen molar-refractivity contribution in [3.05, 3.63) is 54.6 Å². The van der Waals surface area contributed by atoms with Gasteiger partial charge >= 0.3 is 0 Å². The second-order valence-corrected chi connectivity index (χ2v) is 7.38. The molecule has 0 aliphatic rings. The Morgan fingerprint density at radius 3 is 2.00 bits per heavy atom. The average molecular weight is 239 g/mol. The van der Waals surface area contributed by atoms with Crippen molar-refractivity contribution in [2.45, 2.75) is 25.9 Å². The number of rotatable bonds is 4. The quantitative estimate of drug-likeness (QED) is 0.705. The maximum atomic E-state index is 2.32. The summed E-state index contributed by atoms with van der Waals surface area (Å²) in [5.41, 5.74) is 2.79. The fourth-order valence-electron chi connectivity index (χ4n) is 2.29. The van der Waals surface area contributed by atoms with Crippen molar-refractivity contribution in [2.24, 2.45) is 0 Å². The Hall–Kier alpha value is -1.34. The van der Waals surface area contributed by atoms with E-state index in [0.717, 1.165) is 0 Å². The van der Waals surface area contributed by atoms with Crippen LogP contribution in [0.4, 0.5) is 0 Å². The average Bonchev–Trinajstić information content (AvgIpc) is 2.42. The molecule has 2 rings (SSSR count). The van der Waals surface area contributed by atoms with Crippen LogP contribution < -0.4 is 5.19 Å². The molecule has 0 saturated heterocycles. The molecule has 0 atom stereocenters. The molecule has 0 heterocycles. The highest BCUT2D eigenvalue weighted by Crippen LogP contribution is 2.18. The fourth-order valence-corrected chi connectivity index (χ4v) is 4.49. The number of hydrogen-bond acceptors (Lipinski definition) is 0. The van der Waals surface area contributed by atoms with E-state index < -0.39 is 0 Å². The first kappa shape index (κ1) is 12.1. The first-order valence-electron chi connectivity index (χ1n) is 6.36. The maximum absolute atomic E-state index is 2.32. The zero-order chi connectivity index (χ0) is 12.1. The molecule has 0 nitrogen and oxygen atoms in total. The van der Waals surface area contributed by atoms with Gasteiger partial charge in [0.15, 0.2) is 0 Å². The third-order valence-electron chi connectivity index (χ3n) is 3.25. The van der Waals surface area contributed by atoms with Crippen LogP contribution in [0.3, 0.4) is 0 Å². The highest BCUT2D eigenvalue weighted by atomic mass is 28.3. The summed E-state index contributed by atoms with van der Waals surface area (Å²) in [5, 5.41) is 1.59. The van der Waals surface area contributed by atoms with Crippen molar-refractivity contribution >= 4 is 14.0 Å². The summed E-state index contributed by atoms with van der Waals surface area (Å²) in [6, 6.07) is 22.3. The zero-order valence-corrected chi connectivity index (χ0v) is 11.6. The predicted octanol–water partition coefficient (Wildman–Crippen LogP) is 4.10. The van der Waals surface area contributed by atoms with Crippen LogP contribution in [0.5, 0.6) is 0 Å². The van der Waals surface area contributed by atoms with Crippen molar-refractivity contribution in [3.8, 4) is 11.1 Å². The van der Waals surface area contributed by atoms with Crippen LogP contribution in [0.15, 0.2) is 54.6 Å². The third kappa shape index (κ3) is 2.67. The predicted molar refractivity (Wildman–Crippen MR) is 78.2 cm³/mol. The van der Waals surface area contributed by atoms with E-state index in [-0.39, 0.29) is 8.80 Å². The molecular weight excluding hydrogens is 220 g/mol. The van der Waals surface area contributed by atoms with Gasteiger partial charge in [-0.05, 0) is 11.1 Å². The molecule has 17 heavy (non-hydrogen) atoms. The Morgan fingerprint density at radius 1 is 0.765 bits per heavy atom. The summed E-state index contributed by atoms with van der Waals surface area (Å²) in [7, 11) is -0.378. The Morgan fingerprint density at radius 2 is 1.35 bits per heavy atom. The van der Waals surface area contributed by atoms with E-state index in [1.165, 1.54) is 23.2 Å². The molecule has 0 saturated carbocycles. The molecule has 0 N–H and O–H groups in total. The molecule has 2 aromatic carbocycles. The molecule has 0 amide bonds. The normalized spacial score (nSPS) is 10.8. The first-order valence-corrected chi connectivity index (χ1v) is 8.27. The van der Waals surface area contributed by atoms with Crippen LogP contribution in [0.1, 0.15) is 13.8 Å². The fraction of sp³-hybridized carbons (Fsp3) is 0.250. The minimum atomic E-state index is -0.378. The van der Waals surface area contributed by atoms with Crippen LogP contribution in [0.25, 0.3) is 11.1 Å². The van der Waals surface area contributed by atoms with Gasteiger partial charge in [-0.2, -0.15) is 0 Å². The van der Waals surface area contributed by atoms with E-state index in [0.29, 0.717) is 0 Å². The van der Waals surface area contributed by atoms with Crippen LogP contribution >= 0.6 is 0 Å². The lowest BCUT2D eigenvalue weighted by molar-refractivity contribution is 1.33. The van der Waals surface area contributed by atoms with Gasteiger partial charge in [-0.3, -0.25) is 0 Å². The highest BCUT2D eigenvalue weighted by molar-refractivity contribution is 6.74. The molecular formula is C16H19Si. The summed E-state index contributed by atoms with van der Waals surface area (Å²) in [6.45, 7) is 4.64. The zero-order valence-electron chi connectivity index (χ0n) is 10.6. The van der Waals surface area contributed by atoms with Gasteiger partial charge in [-0.1, -0.05) is 85.7 Å². The Kier molecular flexibility index (Phi) is 4.16. The van der Waals surface area contributed by atoms with Gasteiger partial charge in [-0.15, -0.1) is 0 Å². The summed E-state index contributed by atoms with van der Waals surface area (Å²) >= 11 is 0. The van der Waals surface area contributed by atoms with E-state index in [2.05, 4.69) is 68.4 Å². The highest BCUT2D eigenvalue weighted by Gasteiger charge is 2.13. The van der Waals surface area contributed by atoms with Crippen molar-refractivity contribution in [2.75, 3.05) is 0 Å². The number of hydrogen-bond donors (Lipinski definition) is 0. The molecule has 87 valence electrons. The van der Waals surface area contributed by atoms with Crippen LogP contribution in [0.2, 0.25) is 12.1 Å². The molecule has 0 spiro atoms. The van der Waals surface area contributed by atoms with Gasteiger partial charge < -0.3 is 0 Å². The Labute approximate surface area is 106 Å². The molecule has 1 radical (unpaired) electrons. The monoisotopic (exact) mass is 239 g/mol. The second kappa shape index (κ2) is 5.83. The van der Waals surface area contributed by atoms with Crippen molar-refractivity contribution < 1.29 is 0 Å². The van der Waals surface area contributed by atoms with E-state index in [1.807, 2.05) is 0 Å². The Balaban J connectivity index is 2.48. The summed E-state index contributed by atoms with van der Waals surface area (Å²) in [4.78, 5) is 0. The van der Waals surface area contributed by atoms with Crippen molar-refractivity contribution in [1.29, 1.82) is 0 Å². The minimum absolute atomic E-state index is 0.378. The molecule has 1 heteroatoms. The lowest BCUT2D eigenvalue weighted by atomic mass is 10.1. The van der Waals surface area contributed by atoms with Gasteiger partial charge in [0.05, 0.1) is 8.80 Å². The van der Waals surface area contributed by atoms with Gasteiger partial charge in [0.2, 0.25) is 0 Å². The van der Waals surface area contributed by atoms with Crippen LogP contribution in [-0.4, -0.2) is 8.80 Å². The van der Waals surface area contributed by atoms with Gasteiger partial charge in [0, 0.05) is 0 Å². The van der Waals surface area contributed by atoms with Crippen LogP contribution in [0, 0.1) is 0 Å². The first-order chi connectivity index (χ1) is 8.36. The number of benzene rings is 2. The van der Waals surface area contributed by atoms with Gasteiger partial charge in [0.1, 0.15) is 0 Å². The molecule has 0 aromatic heterocycles. The molecule has 0 aliphatic heterocycles. The third-order valence-corrected chi connectivity index (χ3v) is 6.15. The Bertz CT molecular complexity index is 458. The molecule has 2 aromatic rings. The minimum Gasteiger partial charge on any atom is -0.0677 e. The van der Waals surface area contributed by atoms with Gasteiger partial charge in [-0.25, -0.2) is 0 Å². The van der Waals surface area contributed by atoms with E-state index >= 15 is 0 Å². The van der Waals surface area contributed by atoms with Gasteiger partial charge in [0.25, 0.3) is 0 Å². The van der Waals surface area contributed by atoms with E-state index in [9.17, 15) is 0 Å². The van der Waals surface area contributed by atoms with E-state index in [1.54, 1.807) is 5.19 Å². The smallest absolute Gasteiger partial charge is 0.0677 e. The molecule has 0 bridgehead atoms.